The number of nitrogens with one attached hydrogen (secondary N) is 1. The molecule has 0 radical (unpaired) electrons. The standard InChI is InChI=1S/C10H21N/c1-5-6-7-8-9(2)10(3)11-4/h5-6,9-11H,7-8H2,1-4H3. The normalized spacial score (nSPS) is 17.1. The van der Waals surface area contributed by atoms with E-state index in [0.29, 0.717) is 6.04 Å². The first kappa shape index (κ1) is 10.7. The largest absolute Gasteiger partial charge is 0.317 e. The molecular formula is C10H21N. The fourth-order valence-electron chi connectivity index (χ4n) is 1.06. The van der Waals surface area contributed by atoms with Crippen LogP contribution < -0.4 is 5.32 Å². The maximum atomic E-state index is 3.27. The summed E-state index contributed by atoms with van der Waals surface area (Å²) in [4.78, 5) is 0. The van der Waals surface area contributed by atoms with E-state index in [-0.39, 0.29) is 0 Å². The van der Waals surface area contributed by atoms with Crippen molar-refractivity contribution in [3.05, 3.63) is 12.2 Å². The van der Waals surface area contributed by atoms with Gasteiger partial charge < -0.3 is 5.32 Å². The van der Waals surface area contributed by atoms with Crippen molar-refractivity contribution >= 4 is 0 Å². The summed E-state index contributed by atoms with van der Waals surface area (Å²) in [5.41, 5.74) is 0. The molecule has 0 bridgehead atoms. The molecule has 2 atom stereocenters. The van der Waals surface area contributed by atoms with Crippen LogP contribution in [-0.4, -0.2) is 13.1 Å². The van der Waals surface area contributed by atoms with Crippen molar-refractivity contribution in [3.63, 3.8) is 0 Å². The Morgan fingerprint density at radius 1 is 1.36 bits per heavy atom. The van der Waals surface area contributed by atoms with Crippen molar-refractivity contribution in [1.29, 1.82) is 0 Å². The second-order valence-corrected chi connectivity index (χ2v) is 3.20. The smallest absolute Gasteiger partial charge is 0.00614 e. The van der Waals surface area contributed by atoms with Gasteiger partial charge in [-0.3, -0.25) is 0 Å². The summed E-state index contributed by atoms with van der Waals surface area (Å²) in [5, 5.41) is 3.27. The van der Waals surface area contributed by atoms with Crippen LogP contribution in [0.3, 0.4) is 0 Å². The highest BCUT2D eigenvalue weighted by Gasteiger charge is 2.07. The van der Waals surface area contributed by atoms with Crippen molar-refractivity contribution in [3.8, 4) is 0 Å². The van der Waals surface area contributed by atoms with Crippen molar-refractivity contribution < 1.29 is 0 Å². The first-order chi connectivity index (χ1) is 5.22. The first-order valence-corrected chi connectivity index (χ1v) is 4.50. The third kappa shape index (κ3) is 5.02. The fraction of sp³-hybridized carbons (Fsp3) is 0.800. The van der Waals surface area contributed by atoms with Gasteiger partial charge in [-0.15, -0.1) is 0 Å². The summed E-state index contributed by atoms with van der Waals surface area (Å²) in [5.74, 6) is 0.774. The van der Waals surface area contributed by atoms with E-state index < -0.39 is 0 Å². The Balaban J connectivity index is 3.43. The van der Waals surface area contributed by atoms with Gasteiger partial charge >= 0.3 is 0 Å². The monoisotopic (exact) mass is 155 g/mol. The summed E-state index contributed by atoms with van der Waals surface area (Å²) in [6.07, 6.45) is 6.85. The Morgan fingerprint density at radius 2 is 2.00 bits per heavy atom. The average Bonchev–Trinajstić information content (AvgIpc) is 2.03. The van der Waals surface area contributed by atoms with Crippen LogP contribution in [0, 0.1) is 5.92 Å². The molecule has 66 valence electrons. The van der Waals surface area contributed by atoms with Crippen LogP contribution in [0.5, 0.6) is 0 Å². The number of allylic oxidation sites excluding steroid dienone is 2. The van der Waals surface area contributed by atoms with Gasteiger partial charge in [0.05, 0.1) is 0 Å². The van der Waals surface area contributed by atoms with Crippen LogP contribution in [0.1, 0.15) is 33.6 Å². The quantitative estimate of drug-likeness (QED) is 0.602. The van der Waals surface area contributed by atoms with Gasteiger partial charge in [0.25, 0.3) is 0 Å². The molecule has 0 saturated carbocycles. The minimum absolute atomic E-state index is 0.639. The third-order valence-corrected chi connectivity index (χ3v) is 2.33. The molecule has 0 spiro atoms. The average molecular weight is 155 g/mol. The molecule has 0 aliphatic heterocycles. The molecule has 0 aromatic heterocycles. The predicted octanol–water partition coefficient (Wildman–Crippen LogP) is 2.59. The lowest BCUT2D eigenvalue weighted by molar-refractivity contribution is 0.404. The lowest BCUT2D eigenvalue weighted by Gasteiger charge is -2.17. The van der Waals surface area contributed by atoms with Gasteiger partial charge in [-0.2, -0.15) is 0 Å². The van der Waals surface area contributed by atoms with E-state index in [2.05, 4.69) is 38.2 Å². The molecule has 0 fully saturated rings. The van der Waals surface area contributed by atoms with E-state index in [0.717, 1.165) is 5.92 Å². The highest BCUT2D eigenvalue weighted by Crippen LogP contribution is 2.10. The van der Waals surface area contributed by atoms with Gasteiger partial charge in [0.15, 0.2) is 0 Å². The Kier molecular flexibility index (Phi) is 6.24. The highest BCUT2D eigenvalue weighted by molar-refractivity contribution is 4.79. The van der Waals surface area contributed by atoms with E-state index in [9.17, 15) is 0 Å². The van der Waals surface area contributed by atoms with E-state index in [4.69, 9.17) is 0 Å². The summed E-state index contributed by atoms with van der Waals surface area (Å²) in [7, 11) is 2.02. The van der Waals surface area contributed by atoms with Crippen molar-refractivity contribution in [2.75, 3.05) is 7.05 Å². The van der Waals surface area contributed by atoms with Crippen LogP contribution in [0.2, 0.25) is 0 Å². The molecule has 2 unspecified atom stereocenters. The van der Waals surface area contributed by atoms with E-state index in [1.165, 1.54) is 12.8 Å². The Labute approximate surface area is 70.9 Å². The summed E-state index contributed by atoms with van der Waals surface area (Å²) >= 11 is 0. The second kappa shape index (κ2) is 6.41. The Morgan fingerprint density at radius 3 is 2.45 bits per heavy atom. The van der Waals surface area contributed by atoms with E-state index in [1.807, 2.05) is 7.05 Å². The molecule has 0 saturated heterocycles. The summed E-state index contributed by atoms with van der Waals surface area (Å²) < 4.78 is 0. The molecule has 0 amide bonds. The zero-order valence-corrected chi connectivity index (χ0v) is 8.22. The molecule has 1 heteroatoms. The van der Waals surface area contributed by atoms with Crippen molar-refractivity contribution in [1.82, 2.24) is 5.32 Å². The van der Waals surface area contributed by atoms with Gasteiger partial charge in [0.2, 0.25) is 0 Å². The minimum atomic E-state index is 0.639. The predicted molar refractivity (Wildman–Crippen MR) is 51.7 cm³/mol. The van der Waals surface area contributed by atoms with Crippen LogP contribution >= 0.6 is 0 Å². The molecule has 0 heterocycles. The number of hydrogen-bond acceptors (Lipinski definition) is 1. The zero-order chi connectivity index (χ0) is 8.69. The molecule has 0 aliphatic carbocycles. The molecule has 0 aromatic rings. The fourth-order valence-corrected chi connectivity index (χ4v) is 1.06. The minimum Gasteiger partial charge on any atom is -0.317 e. The van der Waals surface area contributed by atoms with Crippen LogP contribution in [0.15, 0.2) is 12.2 Å². The van der Waals surface area contributed by atoms with Crippen LogP contribution in [-0.2, 0) is 0 Å². The zero-order valence-electron chi connectivity index (χ0n) is 8.22. The third-order valence-electron chi connectivity index (χ3n) is 2.33. The van der Waals surface area contributed by atoms with Crippen molar-refractivity contribution in [2.24, 2.45) is 5.92 Å². The van der Waals surface area contributed by atoms with E-state index in [1.54, 1.807) is 0 Å². The van der Waals surface area contributed by atoms with Gasteiger partial charge in [-0.25, -0.2) is 0 Å². The van der Waals surface area contributed by atoms with Gasteiger partial charge in [0.1, 0.15) is 0 Å². The maximum Gasteiger partial charge on any atom is 0.00614 e. The molecule has 0 aliphatic rings. The molecular weight excluding hydrogens is 134 g/mol. The number of rotatable bonds is 5. The molecule has 1 N–H and O–H groups in total. The highest BCUT2D eigenvalue weighted by atomic mass is 14.9. The summed E-state index contributed by atoms with van der Waals surface area (Å²) in [6, 6.07) is 0.639. The SMILES string of the molecule is CC=CCCC(C)C(C)NC. The number of hydrogen-bond donors (Lipinski definition) is 1. The Hall–Kier alpha value is -0.300. The first-order valence-electron chi connectivity index (χ1n) is 4.50. The lowest BCUT2D eigenvalue weighted by atomic mass is 9.98. The van der Waals surface area contributed by atoms with Gasteiger partial charge in [-0.05, 0) is 39.7 Å². The van der Waals surface area contributed by atoms with Gasteiger partial charge in [0, 0.05) is 6.04 Å². The molecule has 0 aromatic carbocycles. The lowest BCUT2D eigenvalue weighted by Crippen LogP contribution is -2.28. The topological polar surface area (TPSA) is 12.0 Å². The van der Waals surface area contributed by atoms with Crippen molar-refractivity contribution in [2.45, 2.75) is 39.7 Å². The van der Waals surface area contributed by atoms with Gasteiger partial charge in [-0.1, -0.05) is 19.1 Å². The molecule has 11 heavy (non-hydrogen) atoms. The maximum absolute atomic E-state index is 3.27. The molecule has 1 nitrogen and oxygen atoms in total. The summed E-state index contributed by atoms with van der Waals surface area (Å²) in [6.45, 7) is 6.61. The van der Waals surface area contributed by atoms with Crippen LogP contribution in [0.25, 0.3) is 0 Å². The second-order valence-electron chi connectivity index (χ2n) is 3.20. The Bertz CT molecular complexity index is 107. The molecule has 0 rings (SSSR count). The van der Waals surface area contributed by atoms with E-state index >= 15 is 0 Å². The van der Waals surface area contributed by atoms with Crippen LogP contribution in [0.4, 0.5) is 0 Å².